The lowest BCUT2D eigenvalue weighted by Crippen LogP contribution is -2.09. The van der Waals surface area contributed by atoms with Gasteiger partial charge in [-0.05, 0) is 6.07 Å². The Morgan fingerprint density at radius 2 is 1.79 bits per heavy atom. The third kappa shape index (κ3) is 1.93. The summed E-state index contributed by atoms with van der Waals surface area (Å²) in [5.74, 6) is -0.480. The molecule has 0 radical (unpaired) electrons. The number of pyridine rings is 1. The molecule has 2 N–H and O–H groups in total. The highest BCUT2D eigenvalue weighted by Gasteiger charge is 2.22. The van der Waals surface area contributed by atoms with Gasteiger partial charge < -0.3 is 10.5 Å². The topological polar surface area (TPSA) is 82.5 Å². The Hall–Kier alpha value is -3.41. The van der Waals surface area contributed by atoms with Crippen molar-refractivity contribution in [2.24, 2.45) is 0 Å². The van der Waals surface area contributed by atoms with Gasteiger partial charge in [0.25, 0.3) is 0 Å². The molecule has 0 atom stereocenters. The Kier molecular flexibility index (Phi) is 3.16. The first-order valence-electron chi connectivity index (χ1n) is 7.41. The quantitative estimate of drug-likeness (QED) is 0.575. The van der Waals surface area contributed by atoms with E-state index in [1.54, 1.807) is 4.52 Å². The summed E-state index contributed by atoms with van der Waals surface area (Å²) >= 11 is 0. The van der Waals surface area contributed by atoms with Gasteiger partial charge in [0.2, 0.25) is 0 Å². The maximum atomic E-state index is 12.3. The van der Waals surface area contributed by atoms with Crippen molar-refractivity contribution >= 4 is 28.1 Å². The van der Waals surface area contributed by atoms with Gasteiger partial charge in [-0.1, -0.05) is 53.7 Å². The monoisotopic (exact) mass is 318 g/mol. The fourth-order valence-corrected chi connectivity index (χ4v) is 2.94. The van der Waals surface area contributed by atoms with Crippen LogP contribution in [0, 0.1) is 0 Å². The minimum Gasteiger partial charge on any atom is -0.465 e. The second-order valence-corrected chi connectivity index (χ2v) is 5.36. The van der Waals surface area contributed by atoms with Crippen molar-refractivity contribution in [1.29, 1.82) is 0 Å². The number of hydrogen-bond acceptors (Lipinski definition) is 5. The molecule has 24 heavy (non-hydrogen) atoms. The Morgan fingerprint density at radius 3 is 2.54 bits per heavy atom. The van der Waals surface area contributed by atoms with Gasteiger partial charge in [0, 0.05) is 10.9 Å². The highest BCUT2D eigenvalue weighted by Crippen LogP contribution is 2.34. The van der Waals surface area contributed by atoms with Crippen LogP contribution in [-0.2, 0) is 4.74 Å². The van der Waals surface area contributed by atoms with E-state index < -0.39 is 5.97 Å². The summed E-state index contributed by atoms with van der Waals surface area (Å²) in [6.45, 7) is 0. The summed E-state index contributed by atoms with van der Waals surface area (Å²) in [4.78, 5) is 12.3. The molecule has 0 bridgehead atoms. The fraction of sp³-hybridized carbons (Fsp3) is 0.0556. The maximum Gasteiger partial charge on any atom is 0.340 e. The number of nitrogens with zero attached hydrogens (tertiary/aromatic N) is 3. The number of fused-ring (bicyclic) bond motifs is 3. The summed E-state index contributed by atoms with van der Waals surface area (Å²) in [6.07, 6.45) is 0. The van der Waals surface area contributed by atoms with Gasteiger partial charge in [0.1, 0.15) is 11.2 Å². The molecule has 6 heteroatoms. The normalized spacial score (nSPS) is 11.0. The molecule has 2 heterocycles. The molecule has 0 amide bonds. The number of nitrogens with two attached hydrogens (primary N) is 1. The number of carbonyl (C=O) groups is 1. The molecule has 4 aromatic rings. The minimum atomic E-state index is -0.480. The molecule has 0 aliphatic rings. The van der Waals surface area contributed by atoms with Crippen molar-refractivity contribution in [3.63, 3.8) is 0 Å². The van der Waals surface area contributed by atoms with E-state index in [-0.39, 0.29) is 0 Å². The van der Waals surface area contributed by atoms with E-state index in [2.05, 4.69) is 10.3 Å². The van der Waals surface area contributed by atoms with Crippen LogP contribution in [0.25, 0.3) is 27.7 Å². The van der Waals surface area contributed by atoms with Crippen molar-refractivity contribution in [3.8, 4) is 11.3 Å². The molecule has 0 aliphatic carbocycles. The predicted octanol–water partition coefficient (Wildman–Crippen LogP) is 2.92. The zero-order valence-corrected chi connectivity index (χ0v) is 12.9. The number of nitrogen functional groups attached to an aromatic ring is 1. The van der Waals surface area contributed by atoms with Crippen LogP contribution >= 0.6 is 0 Å². The first-order valence-corrected chi connectivity index (χ1v) is 7.41. The van der Waals surface area contributed by atoms with Gasteiger partial charge >= 0.3 is 5.97 Å². The van der Waals surface area contributed by atoms with Gasteiger partial charge in [-0.2, -0.15) is 0 Å². The first-order chi connectivity index (χ1) is 11.7. The lowest BCUT2D eigenvalue weighted by atomic mass is 10.0. The van der Waals surface area contributed by atoms with Crippen LogP contribution in [0.3, 0.4) is 0 Å². The zero-order valence-electron chi connectivity index (χ0n) is 12.9. The average molecular weight is 318 g/mol. The molecule has 4 rings (SSSR count). The number of para-hydroxylation sites is 1. The summed E-state index contributed by atoms with van der Waals surface area (Å²) < 4.78 is 6.59. The molecule has 6 nitrogen and oxygen atoms in total. The van der Waals surface area contributed by atoms with Crippen molar-refractivity contribution in [2.45, 2.75) is 0 Å². The molecule has 0 spiro atoms. The number of ether oxygens (including phenoxy) is 1. The number of benzene rings is 2. The van der Waals surface area contributed by atoms with E-state index in [0.717, 1.165) is 11.1 Å². The minimum absolute atomic E-state index is 0.310. The molecule has 0 saturated heterocycles. The first kappa shape index (κ1) is 14.2. The standard InChI is InChI=1S/C18H14N4O2/c1-24-18(23)14-12-9-5-6-10-13(12)22-17(15(14)19)16(20-21-22)11-7-3-2-4-8-11/h2-10H,19H2,1H3. The van der Waals surface area contributed by atoms with Gasteiger partial charge in [0.15, 0.2) is 0 Å². The maximum absolute atomic E-state index is 12.3. The molecule has 0 unspecified atom stereocenters. The van der Waals surface area contributed by atoms with Gasteiger partial charge in [-0.3, -0.25) is 0 Å². The van der Waals surface area contributed by atoms with E-state index in [0.29, 0.717) is 27.8 Å². The fourth-order valence-electron chi connectivity index (χ4n) is 2.94. The highest BCUT2D eigenvalue weighted by atomic mass is 16.5. The molecular weight excluding hydrogens is 304 g/mol. The van der Waals surface area contributed by atoms with E-state index in [1.165, 1.54) is 7.11 Å². The van der Waals surface area contributed by atoms with Crippen molar-refractivity contribution in [2.75, 3.05) is 12.8 Å². The number of hydrogen-bond donors (Lipinski definition) is 1. The van der Waals surface area contributed by atoms with E-state index >= 15 is 0 Å². The van der Waals surface area contributed by atoms with Gasteiger partial charge in [0.05, 0.1) is 23.9 Å². The van der Waals surface area contributed by atoms with Crippen LogP contribution in [0.2, 0.25) is 0 Å². The van der Waals surface area contributed by atoms with Crippen LogP contribution in [0.4, 0.5) is 5.69 Å². The average Bonchev–Trinajstić information content (AvgIpc) is 3.08. The number of methoxy groups -OCH3 is 1. The largest absolute Gasteiger partial charge is 0.465 e. The predicted molar refractivity (Wildman–Crippen MR) is 91.7 cm³/mol. The number of aromatic nitrogens is 3. The molecule has 0 aliphatic heterocycles. The SMILES string of the molecule is COC(=O)c1c(N)c2c(-c3ccccc3)nnn2c2ccccc12. The summed E-state index contributed by atoms with van der Waals surface area (Å²) in [5.41, 5.74) is 9.84. The van der Waals surface area contributed by atoms with Crippen LogP contribution in [0.1, 0.15) is 10.4 Å². The van der Waals surface area contributed by atoms with E-state index in [1.807, 2.05) is 54.6 Å². The molecule has 118 valence electrons. The van der Waals surface area contributed by atoms with Crippen molar-refractivity contribution in [1.82, 2.24) is 14.8 Å². The molecule has 0 saturated carbocycles. The zero-order chi connectivity index (χ0) is 16.7. The van der Waals surface area contributed by atoms with Crippen LogP contribution in [0.15, 0.2) is 54.6 Å². The lowest BCUT2D eigenvalue weighted by molar-refractivity contribution is 0.0604. The van der Waals surface area contributed by atoms with Gasteiger partial charge in [-0.15, -0.1) is 5.10 Å². The molecular formula is C18H14N4O2. The third-order valence-electron chi connectivity index (χ3n) is 4.03. The number of anilines is 1. The Balaban J connectivity index is 2.18. The smallest absolute Gasteiger partial charge is 0.340 e. The number of esters is 1. The highest BCUT2D eigenvalue weighted by molar-refractivity contribution is 6.13. The summed E-state index contributed by atoms with van der Waals surface area (Å²) in [6, 6.07) is 17.0. The van der Waals surface area contributed by atoms with E-state index in [4.69, 9.17) is 10.5 Å². The second kappa shape index (κ2) is 5.34. The van der Waals surface area contributed by atoms with Gasteiger partial charge in [-0.25, -0.2) is 9.31 Å². The van der Waals surface area contributed by atoms with Crippen LogP contribution in [0.5, 0.6) is 0 Å². The lowest BCUT2D eigenvalue weighted by Gasteiger charge is -2.11. The van der Waals surface area contributed by atoms with Crippen molar-refractivity contribution < 1.29 is 9.53 Å². The van der Waals surface area contributed by atoms with Crippen LogP contribution < -0.4 is 5.73 Å². The Bertz CT molecular complexity index is 1070. The summed E-state index contributed by atoms with van der Waals surface area (Å²) in [7, 11) is 1.34. The second-order valence-electron chi connectivity index (χ2n) is 5.36. The molecule has 2 aromatic carbocycles. The van der Waals surface area contributed by atoms with E-state index in [9.17, 15) is 4.79 Å². The third-order valence-corrected chi connectivity index (χ3v) is 4.03. The Labute approximate surface area is 137 Å². The van der Waals surface area contributed by atoms with Crippen LogP contribution in [-0.4, -0.2) is 27.9 Å². The Morgan fingerprint density at radius 1 is 1.08 bits per heavy atom. The molecule has 2 aromatic heterocycles. The molecule has 0 fully saturated rings. The number of rotatable bonds is 2. The van der Waals surface area contributed by atoms with Crippen molar-refractivity contribution in [3.05, 3.63) is 60.2 Å². The number of carbonyl (C=O) groups excluding carboxylic acids is 1. The summed E-state index contributed by atoms with van der Waals surface area (Å²) in [5, 5.41) is 9.21.